The van der Waals surface area contributed by atoms with Crippen LogP contribution in [0.5, 0.6) is 0 Å². The lowest BCUT2D eigenvalue weighted by Gasteiger charge is -2.23. The number of nitrogens with one attached hydrogen (secondary N) is 1. The van der Waals surface area contributed by atoms with Gasteiger partial charge >= 0.3 is 5.97 Å². The number of halogens is 2. The highest BCUT2D eigenvalue weighted by Gasteiger charge is 2.25. The zero-order valence-corrected chi connectivity index (χ0v) is 14.6. The molecule has 4 nitrogen and oxygen atoms in total. The second-order valence-corrected chi connectivity index (χ2v) is 7.42. The van der Waals surface area contributed by atoms with Crippen LogP contribution in [0.4, 0.5) is 0 Å². The van der Waals surface area contributed by atoms with Gasteiger partial charge in [-0.1, -0.05) is 32.4 Å². The molecule has 1 atom stereocenters. The number of rotatable bonds is 5. The smallest absolute Gasteiger partial charge is 0.308 e. The fourth-order valence-corrected chi connectivity index (χ4v) is 2.57. The summed E-state index contributed by atoms with van der Waals surface area (Å²) in [6.07, 6.45) is 0.485. The molecule has 0 aromatic heterocycles. The Morgan fingerprint density at radius 2 is 2.00 bits per heavy atom. The fraction of sp³-hybridized carbons (Fsp3) is 0.467. The van der Waals surface area contributed by atoms with Crippen molar-refractivity contribution in [2.24, 2.45) is 11.3 Å². The fourth-order valence-electron chi connectivity index (χ4n) is 1.97. The van der Waals surface area contributed by atoms with Crippen molar-refractivity contribution in [3.05, 3.63) is 33.3 Å². The summed E-state index contributed by atoms with van der Waals surface area (Å²) >= 11 is 9.15. The van der Waals surface area contributed by atoms with Gasteiger partial charge in [0, 0.05) is 16.0 Å². The summed E-state index contributed by atoms with van der Waals surface area (Å²) in [5.41, 5.74) is 0.270. The summed E-state index contributed by atoms with van der Waals surface area (Å²) in [5.74, 6) is -1.87. The molecule has 0 aliphatic carbocycles. The lowest BCUT2D eigenvalue weighted by atomic mass is 9.84. The van der Waals surface area contributed by atoms with Crippen LogP contribution in [-0.4, -0.2) is 23.5 Å². The molecule has 0 aliphatic heterocycles. The van der Waals surface area contributed by atoms with Crippen LogP contribution in [0.1, 0.15) is 37.6 Å². The van der Waals surface area contributed by atoms with Gasteiger partial charge in [-0.05, 0) is 46.0 Å². The van der Waals surface area contributed by atoms with Crippen molar-refractivity contribution in [1.29, 1.82) is 0 Å². The van der Waals surface area contributed by atoms with E-state index in [1.165, 1.54) is 0 Å². The van der Waals surface area contributed by atoms with Crippen LogP contribution in [0.3, 0.4) is 0 Å². The van der Waals surface area contributed by atoms with Crippen molar-refractivity contribution >= 4 is 39.4 Å². The van der Waals surface area contributed by atoms with Gasteiger partial charge in [-0.3, -0.25) is 9.59 Å². The summed E-state index contributed by atoms with van der Waals surface area (Å²) in [5, 5.41) is 12.4. The Hall–Kier alpha value is -1.07. The topological polar surface area (TPSA) is 66.4 Å². The first kappa shape index (κ1) is 18.0. The molecule has 0 spiro atoms. The van der Waals surface area contributed by atoms with Gasteiger partial charge < -0.3 is 10.4 Å². The second kappa shape index (κ2) is 7.27. The van der Waals surface area contributed by atoms with E-state index < -0.39 is 11.9 Å². The van der Waals surface area contributed by atoms with Crippen molar-refractivity contribution in [3.8, 4) is 0 Å². The molecule has 2 N–H and O–H groups in total. The molecule has 1 amide bonds. The van der Waals surface area contributed by atoms with Crippen molar-refractivity contribution in [3.63, 3.8) is 0 Å². The maximum Gasteiger partial charge on any atom is 0.308 e. The van der Waals surface area contributed by atoms with Gasteiger partial charge in [-0.2, -0.15) is 0 Å². The third-order valence-corrected chi connectivity index (χ3v) is 3.82. The minimum absolute atomic E-state index is 0.0877. The Kier molecular flexibility index (Phi) is 6.23. The van der Waals surface area contributed by atoms with Crippen LogP contribution < -0.4 is 5.32 Å². The first-order chi connectivity index (χ1) is 9.60. The number of carbonyl (C=O) groups excluding carboxylic acids is 1. The van der Waals surface area contributed by atoms with Crippen LogP contribution in [0.25, 0.3) is 0 Å². The lowest BCUT2D eigenvalue weighted by Crippen LogP contribution is -2.35. The van der Waals surface area contributed by atoms with E-state index >= 15 is 0 Å². The predicted molar refractivity (Wildman–Crippen MR) is 86.7 cm³/mol. The maximum atomic E-state index is 12.1. The third-order valence-electron chi connectivity index (χ3n) is 2.89. The highest BCUT2D eigenvalue weighted by molar-refractivity contribution is 9.10. The Bertz CT molecular complexity index is 540. The van der Waals surface area contributed by atoms with E-state index in [-0.39, 0.29) is 17.9 Å². The van der Waals surface area contributed by atoms with Gasteiger partial charge in [0.15, 0.2) is 0 Å². The number of amides is 1. The van der Waals surface area contributed by atoms with E-state index in [9.17, 15) is 14.7 Å². The minimum Gasteiger partial charge on any atom is -0.481 e. The molecule has 0 radical (unpaired) electrons. The molecule has 6 heteroatoms. The van der Waals surface area contributed by atoms with E-state index in [1.807, 2.05) is 20.8 Å². The normalized spacial score (nSPS) is 12.8. The summed E-state index contributed by atoms with van der Waals surface area (Å²) in [6, 6.07) is 4.89. The zero-order valence-electron chi connectivity index (χ0n) is 12.2. The number of hydrogen-bond donors (Lipinski definition) is 2. The first-order valence-corrected chi connectivity index (χ1v) is 7.73. The standard InChI is InChI=1S/C15H19BrClNO3/c1-15(2,3)7-9(14(20)21)8-18-13(19)11-6-10(17)4-5-12(11)16/h4-6,9H,7-8H2,1-3H3,(H,18,19)(H,20,21). The zero-order chi connectivity index (χ0) is 16.2. The molecule has 0 heterocycles. The van der Waals surface area contributed by atoms with Gasteiger partial charge in [-0.15, -0.1) is 0 Å². The molecule has 0 saturated heterocycles. The number of carbonyl (C=O) groups is 2. The highest BCUT2D eigenvalue weighted by Crippen LogP contribution is 2.25. The number of carboxylic acid groups (broad SMARTS) is 1. The third kappa shape index (κ3) is 6.06. The minimum atomic E-state index is -0.907. The molecule has 1 aromatic carbocycles. The second-order valence-electron chi connectivity index (χ2n) is 6.13. The van der Waals surface area contributed by atoms with Crippen LogP contribution in [0, 0.1) is 11.3 Å². The summed E-state index contributed by atoms with van der Waals surface area (Å²) in [4.78, 5) is 23.4. The van der Waals surface area contributed by atoms with Crippen molar-refractivity contribution < 1.29 is 14.7 Å². The monoisotopic (exact) mass is 375 g/mol. The average Bonchev–Trinajstić information content (AvgIpc) is 2.35. The number of benzene rings is 1. The summed E-state index contributed by atoms with van der Waals surface area (Å²) in [6.45, 7) is 6.00. The molecular formula is C15H19BrClNO3. The van der Waals surface area contributed by atoms with Crippen molar-refractivity contribution in [2.75, 3.05) is 6.54 Å². The Morgan fingerprint density at radius 1 is 1.38 bits per heavy atom. The average molecular weight is 377 g/mol. The van der Waals surface area contributed by atoms with Crippen LogP contribution in [0.15, 0.2) is 22.7 Å². The van der Waals surface area contributed by atoms with Crippen LogP contribution >= 0.6 is 27.5 Å². The molecule has 1 unspecified atom stereocenters. The lowest BCUT2D eigenvalue weighted by molar-refractivity contribution is -0.142. The molecule has 21 heavy (non-hydrogen) atoms. The molecule has 1 rings (SSSR count). The number of hydrogen-bond acceptors (Lipinski definition) is 2. The van der Waals surface area contributed by atoms with Gasteiger partial charge in [0.25, 0.3) is 5.91 Å². The number of aliphatic carboxylic acids is 1. The van der Waals surface area contributed by atoms with Gasteiger partial charge in [-0.25, -0.2) is 0 Å². The van der Waals surface area contributed by atoms with E-state index in [2.05, 4.69) is 21.2 Å². The summed E-state index contributed by atoms with van der Waals surface area (Å²) in [7, 11) is 0. The van der Waals surface area contributed by atoms with Gasteiger partial charge in [0.05, 0.1) is 11.5 Å². The molecular weight excluding hydrogens is 358 g/mol. The summed E-state index contributed by atoms with van der Waals surface area (Å²) < 4.78 is 0.618. The molecule has 1 aromatic rings. The Labute approximate surface area is 138 Å². The van der Waals surface area contributed by atoms with Crippen molar-refractivity contribution in [1.82, 2.24) is 5.32 Å². The predicted octanol–water partition coefficient (Wildman–Crippen LogP) is 3.97. The van der Waals surface area contributed by atoms with Crippen molar-refractivity contribution in [2.45, 2.75) is 27.2 Å². The Morgan fingerprint density at radius 3 is 2.52 bits per heavy atom. The van der Waals surface area contributed by atoms with Gasteiger partial charge in [0.1, 0.15) is 0 Å². The van der Waals surface area contributed by atoms with E-state index in [0.29, 0.717) is 21.5 Å². The van der Waals surface area contributed by atoms with Crippen LogP contribution in [-0.2, 0) is 4.79 Å². The Balaban J connectivity index is 2.74. The highest BCUT2D eigenvalue weighted by atomic mass is 79.9. The van der Waals surface area contributed by atoms with Crippen LogP contribution in [0.2, 0.25) is 5.02 Å². The maximum absolute atomic E-state index is 12.1. The van der Waals surface area contributed by atoms with E-state index in [4.69, 9.17) is 11.6 Å². The number of carboxylic acids is 1. The quantitative estimate of drug-likeness (QED) is 0.817. The van der Waals surface area contributed by atoms with E-state index in [0.717, 1.165) is 0 Å². The molecule has 0 saturated carbocycles. The van der Waals surface area contributed by atoms with Gasteiger partial charge in [0.2, 0.25) is 0 Å². The molecule has 0 aliphatic rings. The first-order valence-electron chi connectivity index (χ1n) is 6.56. The molecule has 0 fully saturated rings. The largest absolute Gasteiger partial charge is 0.481 e. The molecule has 0 bridgehead atoms. The van der Waals surface area contributed by atoms with E-state index in [1.54, 1.807) is 18.2 Å². The molecule has 116 valence electrons. The SMILES string of the molecule is CC(C)(C)CC(CNC(=O)c1cc(Cl)ccc1Br)C(=O)O.